The number of aromatic nitrogens is 1. The van der Waals surface area contributed by atoms with Gasteiger partial charge in [-0.2, -0.15) is 10.5 Å². The maximum Gasteiger partial charge on any atom is 0.157 e. The Balaban J connectivity index is 2.56. The monoisotopic (exact) mass is 275 g/mol. The van der Waals surface area contributed by atoms with Crippen LogP contribution in [-0.4, -0.2) is 10.4 Å². The van der Waals surface area contributed by atoms with Crippen LogP contribution in [0.25, 0.3) is 0 Å². The highest BCUT2D eigenvalue weighted by atomic mass is 16.1. The second-order valence-electron chi connectivity index (χ2n) is 4.63. The zero-order valence-corrected chi connectivity index (χ0v) is 11.6. The zero-order valence-electron chi connectivity index (χ0n) is 11.6. The van der Waals surface area contributed by atoms with E-state index in [1.165, 1.54) is 6.92 Å². The number of ketones is 1. The summed E-state index contributed by atoms with van der Waals surface area (Å²) < 4.78 is 1.71. The number of carbonyl (C=O) groups is 1. The van der Waals surface area contributed by atoms with E-state index < -0.39 is 6.04 Å². The fourth-order valence-electron chi connectivity index (χ4n) is 2.18. The first-order valence-electron chi connectivity index (χ1n) is 6.35. The van der Waals surface area contributed by atoms with Crippen LogP contribution in [-0.2, 0) is 4.79 Å². The molecule has 0 N–H and O–H groups in total. The Morgan fingerprint density at radius 3 is 2.38 bits per heavy atom. The third-order valence-electron chi connectivity index (χ3n) is 3.31. The Morgan fingerprint density at radius 1 is 1.19 bits per heavy atom. The SMILES string of the molecule is C=C(C(C)=O)[C@@H](c1ccc(C#N)cc1)n1cccc1C#N. The number of allylic oxidation sites excluding steroid dienone is 1. The largest absolute Gasteiger partial charge is 0.328 e. The second-order valence-corrected chi connectivity index (χ2v) is 4.63. The van der Waals surface area contributed by atoms with Gasteiger partial charge < -0.3 is 4.57 Å². The minimum Gasteiger partial charge on any atom is -0.328 e. The number of hydrogen-bond acceptors (Lipinski definition) is 3. The normalized spacial score (nSPS) is 11.2. The summed E-state index contributed by atoms with van der Waals surface area (Å²) in [6.07, 6.45) is 1.75. The predicted molar refractivity (Wildman–Crippen MR) is 78.3 cm³/mol. The highest BCUT2D eigenvalue weighted by Crippen LogP contribution is 2.28. The van der Waals surface area contributed by atoms with Crippen LogP contribution >= 0.6 is 0 Å². The van der Waals surface area contributed by atoms with Gasteiger partial charge in [0.2, 0.25) is 0 Å². The lowest BCUT2D eigenvalue weighted by Gasteiger charge is -2.21. The number of Topliss-reactive ketones (excluding diaryl/α,β-unsaturated/α-hetero) is 1. The fraction of sp³-hybridized carbons (Fsp3) is 0.118. The summed E-state index contributed by atoms with van der Waals surface area (Å²) in [5, 5.41) is 18.0. The summed E-state index contributed by atoms with van der Waals surface area (Å²) in [6, 6.07) is 14.1. The molecular weight excluding hydrogens is 262 g/mol. The van der Waals surface area contributed by atoms with E-state index in [2.05, 4.69) is 18.7 Å². The highest BCUT2D eigenvalue weighted by Gasteiger charge is 2.21. The average Bonchev–Trinajstić information content (AvgIpc) is 2.96. The van der Waals surface area contributed by atoms with Gasteiger partial charge >= 0.3 is 0 Å². The van der Waals surface area contributed by atoms with Crippen LogP contribution in [0.2, 0.25) is 0 Å². The van der Waals surface area contributed by atoms with E-state index in [0.29, 0.717) is 16.8 Å². The minimum absolute atomic E-state index is 0.137. The molecule has 0 radical (unpaired) electrons. The Labute approximate surface area is 123 Å². The lowest BCUT2D eigenvalue weighted by molar-refractivity contribution is -0.113. The van der Waals surface area contributed by atoms with Crippen molar-refractivity contribution in [2.24, 2.45) is 0 Å². The standard InChI is InChI=1S/C17H13N3O/c1-12(13(2)21)17(20-9-3-4-16(20)11-19)15-7-5-14(10-18)6-8-15/h3-9,17H,1H2,2H3/t17-/m0/s1. The van der Waals surface area contributed by atoms with E-state index in [-0.39, 0.29) is 5.78 Å². The molecule has 2 rings (SSSR count). The molecule has 1 aromatic carbocycles. The molecule has 4 nitrogen and oxygen atoms in total. The van der Waals surface area contributed by atoms with Gasteiger partial charge in [-0.05, 0) is 36.8 Å². The number of rotatable bonds is 4. The first kappa shape index (κ1) is 14.3. The van der Waals surface area contributed by atoms with Crippen molar-refractivity contribution < 1.29 is 4.79 Å². The maximum atomic E-state index is 11.7. The van der Waals surface area contributed by atoms with Crippen LogP contribution in [0.4, 0.5) is 0 Å². The molecule has 1 heterocycles. The Kier molecular flexibility index (Phi) is 4.02. The average molecular weight is 275 g/mol. The number of nitrogens with zero attached hydrogens (tertiary/aromatic N) is 3. The van der Waals surface area contributed by atoms with E-state index in [1.807, 2.05) is 0 Å². The second kappa shape index (κ2) is 5.90. The van der Waals surface area contributed by atoms with Crippen LogP contribution in [0, 0.1) is 22.7 Å². The van der Waals surface area contributed by atoms with Crippen molar-refractivity contribution in [3.05, 3.63) is 71.6 Å². The molecule has 0 aliphatic heterocycles. The van der Waals surface area contributed by atoms with Crippen molar-refractivity contribution >= 4 is 5.78 Å². The van der Waals surface area contributed by atoms with E-state index in [1.54, 1.807) is 47.2 Å². The third kappa shape index (κ3) is 2.75. The van der Waals surface area contributed by atoms with Crippen LogP contribution in [0.1, 0.15) is 29.8 Å². The molecule has 0 spiro atoms. The quantitative estimate of drug-likeness (QED) is 0.805. The summed E-state index contributed by atoms with van der Waals surface area (Å²) in [7, 11) is 0. The van der Waals surface area contributed by atoms with Crippen LogP contribution in [0.3, 0.4) is 0 Å². The number of nitriles is 2. The Hall–Kier alpha value is -3.11. The fourth-order valence-corrected chi connectivity index (χ4v) is 2.18. The first-order chi connectivity index (χ1) is 10.1. The van der Waals surface area contributed by atoms with Crippen molar-refractivity contribution in [1.29, 1.82) is 10.5 Å². The van der Waals surface area contributed by atoms with Gasteiger partial charge in [0.25, 0.3) is 0 Å². The molecule has 0 aliphatic carbocycles. The molecule has 0 fully saturated rings. The first-order valence-corrected chi connectivity index (χ1v) is 6.35. The lowest BCUT2D eigenvalue weighted by Crippen LogP contribution is -2.17. The number of carbonyl (C=O) groups excluding carboxylic acids is 1. The van der Waals surface area contributed by atoms with Gasteiger partial charge in [0.15, 0.2) is 5.78 Å². The summed E-state index contributed by atoms with van der Waals surface area (Å²) in [4.78, 5) is 11.7. The third-order valence-corrected chi connectivity index (χ3v) is 3.31. The van der Waals surface area contributed by atoms with Crippen LogP contribution < -0.4 is 0 Å². The van der Waals surface area contributed by atoms with Gasteiger partial charge in [0.1, 0.15) is 11.8 Å². The molecule has 0 bridgehead atoms. The van der Waals surface area contributed by atoms with E-state index in [0.717, 1.165) is 5.56 Å². The summed E-state index contributed by atoms with van der Waals surface area (Å²) >= 11 is 0. The molecule has 2 aromatic rings. The van der Waals surface area contributed by atoms with Crippen molar-refractivity contribution in [3.8, 4) is 12.1 Å². The molecule has 0 saturated carbocycles. The minimum atomic E-state index is -0.445. The summed E-state index contributed by atoms with van der Waals surface area (Å²) in [5.74, 6) is -0.137. The molecule has 4 heteroatoms. The Morgan fingerprint density at radius 2 is 1.86 bits per heavy atom. The molecule has 0 aliphatic rings. The molecule has 21 heavy (non-hydrogen) atoms. The summed E-state index contributed by atoms with van der Waals surface area (Å²) in [6.45, 7) is 5.31. The van der Waals surface area contributed by atoms with Gasteiger partial charge in [-0.3, -0.25) is 4.79 Å². The number of benzene rings is 1. The molecule has 1 aromatic heterocycles. The molecule has 1 atom stereocenters. The van der Waals surface area contributed by atoms with Gasteiger partial charge in [0.05, 0.1) is 17.7 Å². The van der Waals surface area contributed by atoms with Gasteiger partial charge in [0, 0.05) is 11.8 Å². The number of hydrogen-bond donors (Lipinski definition) is 0. The topological polar surface area (TPSA) is 69.6 Å². The van der Waals surface area contributed by atoms with E-state index >= 15 is 0 Å². The van der Waals surface area contributed by atoms with Crippen LogP contribution in [0.15, 0.2) is 54.7 Å². The van der Waals surface area contributed by atoms with E-state index in [9.17, 15) is 10.1 Å². The van der Waals surface area contributed by atoms with Crippen molar-refractivity contribution in [2.45, 2.75) is 13.0 Å². The molecule has 0 amide bonds. The molecule has 102 valence electrons. The maximum absolute atomic E-state index is 11.7. The highest BCUT2D eigenvalue weighted by molar-refractivity contribution is 5.94. The lowest BCUT2D eigenvalue weighted by atomic mass is 9.96. The Bertz CT molecular complexity index is 770. The van der Waals surface area contributed by atoms with Crippen molar-refractivity contribution in [3.63, 3.8) is 0 Å². The molecular formula is C17H13N3O. The molecule has 0 unspecified atom stereocenters. The molecule has 0 saturated heterocycles. The van der Waals surface area contributed by atoms with Gasteiger partial charge in [-0.25, -0.2) is 0 Å². The zero-order chi connectivity index (χ0) is 15.4. The van der Waals surface area contributed by atoms with Gasteiger partial charge in [-0.15, -0.1) is 0 Å². The predicted octanol–water partition coefficient (Wildman–Crippen LogP) is 2.97. The smallest absolute Gasteiger partial charge is 0.157 e. The van der Waals surface area contributed by atoms with E-state index in [4.69, 9.17) is 5.26 Å². The van der Waals surface area contributed by atoms with Crippen molar-refractivity contribution in [2.75, 3.05) is 0 Å². The van der Waals surface area contributed by atoms with Crippen molar-refractivity contribution in [1.82, 2.24) is 4.57 Å². The van der Waals surface area contributed by atoms with Crippen LogP contribution in [0.5, 0.6) is 0 Å². The summed E-state index contributed by atoms with van der Waals surface area (Å²) in [5.41, 5.74) is 2.19. The van der Waals surface area contributed by atoms with Gasteiger partial charge in [-0.1, -0.05) is 18.7 Å².